The van der Waals surface area contributed by atoms with Gasteiger partial charge in [-0.3, -0.25) is 14.7 Å². The minimum Gasteiger partial charge on any atom is -0.384 e. The molecule has 0 radical (unpaired) electrons. The van der Waals surface area contributed by atoms with Crippen molar-refractivity contribution < 1.29 is 9.53 Å². The lowest BCUT2D eigenvalue weighted by Gasteiger charge is -2.33. The summed E-state index contributed by atoms with van der Waals surface area (Å²) in [6.45, 7) is 4.90. The van der Waals surface area contributed by atoms with Crippen molar-refractivity contribution in [2.24, 2.45) is 5.92 Å². The topological polar surface area (TPSA) is 74.3 Å². The summed E-state index contributed by atoms with van der Waals surface area (Å²) in [5.41, 5.74) is 3.23. The Bertz CT molecular complexity index is 1040. The molecule has 3 aromatic rings. The Kier molecular flexibility index (Phi) is 5.39. The number of amides is 1. The van der Waals surface area contributed by atoms with Crippen LogP contribution in [0.3, 0.4) is 0 Å². The first-order valence-corrected chi connectivity index (χ1v) is 10.9. The van der Waals surface area contributed by atoms with Crippen molar-refractivity contribution in [3.8, 4) is 0 Å². The van der Waals surface area contributed by atoms with Crippen LogP contribution in [-0.4, -0.2) is 77.1 Å². The standard InChI is InChI=1S/C23H29N5O2/c1-30-15-16-4-11-28(13-16)21(29)14-27-9-5-17(6-10-27)18-2-7-24-20-12-26-23-19(22(18)20)3-8-25-23/h2-3,7-8,12,16-17H,4-6,9-11,13-15H2,1H3,(H,25,26). The predicted molar refractivity (Wildman–Crippen MR) is 116 cm³/mol. The summed E-state index contributed by atoms with van der Waals surface area (Å²) >= 11 is 0. The molecule has 30 heavy (non-hydrogen) atoms. The quantitative estimate of drug-likeness (QED) is 0.704. The van der Waals surface area contributed by atoms with Crippen molar-refractivity contribution in [3.63, 3.8) is 0 Å². The third kappa shape index (κ3) is 3.68. The molecular formula is C23H29N5O2. The lowest BCUT2D eigenvalue weighted by atomic mass is 9.87. The van der Waals surface area contributed by atoms with Gasteiger partial charge >= 0.3 is 0 Å². The summed E-state index contributed by atoms with van der Waals surface area (Å²) in [4.78, 5) is 29.3. The molecule has 0 aliphatic carbocycles. The van der Waals surface area contributed by atoms with Gasteiger partial charge in [0.2, 0.25) is 5.91 Å². The number of rotatable bonds is 5. The van der Waals surface area contributed by atoms with E-state index in [1.165, 1.54) is 10.9 Å². The van der Waals surface area contributed by atoms with Gasteiger partial charge < -0.3 is 14.6 Å². The number of ether oxygens (including phenoxy) is 1. The molecule has 3 aromatic heterocycles. The first-order valence-electron chi connectivity index (χ1n) is 10.9. The Hall–Kier alpha value is -2.51. The van der Waals surface area contributed by atoms with Crippen molar-refractivity contribution in [3.05, 3.63) is 36.3 Å². The third-order valence-corrected chi connectivity index (χ3v) is 6.75. The molecule has 1 amide bonds. The fourth-order valence-corrected chi connectivity index (χ4v) is 5.14. The molecule has 0 aromatic carbocycles. The molecule has 5 heterocycles. The SMILES string of the molecule is COCC1CCN(C(=O)CN2CCC(c3ccnc4cnc5[nH]ccc5c34)CC2)C1. The molecular weight excluding hydrogens is 378 g/mol. The summed E-state index contributed by atoms with van der Waals surface area (Å²) in [5.74, 6) is 1.24. The van der Waals surface area contributed by atoms with E-state index >= 15 is 0 Å². The van der Waals surface area contributed by atoms with Crippen LogP contribution in [-0.2, 0) is 9.53 Å². The van der Waals surface area contributed by atoms with Crippen LogP contribution in [0.4, 0.5) is 0 Å². The number of nitrogens with one attached hydrogen (secondary N) is 1. The molecule has 2 aliphatic rings. The lowest BCUT2D eigenvalue weighted by Crippen LogP contribution is -2.42. The summed E-state index contributed by atoms with van der Waals surface area (Å²) < 4.78 is 5.25. The van der Waals surface area contributed by atoms with Gasteiger partial charge in [0.05, 0.1) is 24.9 Å². The second-order valence-corrected chi connectivity index (χ2v) is 8.66. The van der Waals surface area contributed by atoms with Crippen LogP contribution >= 0.6 is 0 Å². The number of carbonyl (C=O) groups is 1. The first kappa shape index (κ1) is 19.5. The van der Waals surface area contributed by atoms with E-state index in [0.717, 1.165) is 68.6 Å². The summed E-state index contributed by atoms with van der Waals surface area (Å²) in [6, 6.07) is 4.26. The zero-order valence-electron chi connectivity index (χ0n) is 17.5. The number of pyridine rings is 2. The first-order chi connectivity index (χ1) is 14.7. The molecule has 0 saturated carbocycles. The summed E-state index contributed by atoms with van der Waals surface area (Å²) in [5, 5.41) is 2.37. The Morgan fingerprint density at radius 3 is 2.90 bits per heavy atom. The molecule has 1 unspecified atom stereocenters. The van der Waals surface area contributed by atoms with E-state index < -0.39 is 0 Å². The average molecular weight is 408 g/mol. The predicted octanol–water partition coefficient (Wildman–Crippen LogP) is 2.79. The van der Waals surface area contributed by atoms with Crippen molar-refractivity contribution in [2.75, 3.05) is 46.4 Å². The van der Waals surface area contributed by atoms with E-state index in [4.69, 9.17) is 4.74 Å². The van der Waals surface area contributed by atoms with Crippen molar-refractivity contribution in [2.45, 2.75) is 25.2 Å². The van der Waals surface area contributed by atoms with Crippen molar-refractivity contribution in [1.29, 1.82) is 0 Å². The number of carbonyl (C=O) groups excluding carboxylic acids is 1. The van der Waals surface area contributed by atoms with Gasteiger partial charge in [0.25, 0.3) is 0 Å². The van der Waals surface area contributed by atoms with Crippen LogP contribution in [0.25, 0.3) is 21.9 Å². The number of aromatic amines is 1. The van der Waals surface area contributed by atoms with Crippen LogP contribution in [0.2, 0.25) is 0 Å². The van der Waals surface area contributed by atoms with Gasteiger partial charge in [-0.15, -0.1) is 0 Å². The molecule has 5 rings (SSSR count). The van der Waals surface area contributed by atoms with Crippen molar-refractivity contribution in [1.82, 2.24) is 24.8 Å². The van der Waals surface area contributed by atoms with Crippen LogP contribution < -0.4 is 0 Å². The Morgan fingerprint density at radius 2 is 2.07 bits per heavy atom. The zero-order chi connectivity index (χ0) is 20.5. The monoisotopic (exact) mass is 407 g/mol. The van der Waals surface area contributed by atoms with E-state index in [-0.39, 0.29) is 5.91 Å². The fraction of sp³-hybridized carbons (Fsp3) is 0.522. The van der Waals surface area contributed by atoms with Gasteiger partial charge in [0, 0.05) is 49.3 Å². The van der Waals surface area contributed by atoms with Crippen LogP contribution in [0.15, 0.2) is 30.7 Å². The number of hydrogen-bond acceptors (Lipinski definition) is 5. The van der Waals surface area contributed by atoms with E-state index in [1.54, 1.807) is 7.11 Å². The maximum atomic E-state index is 12.7. The highest BCUT2D eigenvalue weighted by Gasteiger charge is 2.29. The highest BCUT2D eigenvalue weighted by molar-refractivity contribution is 6.05. The normalized spacial score (nSPS) is 21.1. The minimum absolute atomic E-state index is 0.265. The molecule has 1 N–H and O–H groups in total. The largest absolute Gasteiger partial charge is 0.384 e. The Morgan fingerprint density at radius 1 is 1.20 bits per heavy atom. The van der Waals surface area contributed by atoms with E-state index in [1.807, 2.05) is 23.5 Å². The molecule has 7 nitrogen and oxygen atoms in total. The molecule has 7 heteroatoms. The Balaban J connectivity index is 1.25. The van der Waals surface area contributed by atoms with Gasteiger partial charge in [-0.2, -0.15) is 0 Å². The number of piperidine rings is 1. The van der Waals surface area contributed by atoms with Crippen LogP contribution in [0, 0.1) is 5.92 Å². The smallest absolute Gasteiger partial charge is 0.236 e. The number of methoxy groups -OCH3 is 1. The molecule has 2 aliphatic heterocycles. The molecule has 158 valence electrons. The van der Waals surface area contributed by atoms with Crippen LogP contribution in [0.5, 0.6) is 0 Å². The van der Waals surface area contributed by atoms with E-state index in [2.05, 4.69) is 32.0 Å². The van der Waals surface area contributed by atoms with Gasteiger partial charge in [-0.1, -0.05) is 0 Å². The minimum atomic E-state index is 0.265. The molecule has 2 fully saturated rings. The molecule has 2 saturated heterocycles. The van der Waals surface area contributed by atoms with Gasteiger partial charge in [-0.25, -0.2) is 4.98 Å². The summed E-state index contributed by atoms with van der Waals surface area (Å²) in [7, 11) is 1.73. The number of fused-ring (bicyclic) bond motifs is 3. The maximum absolute atomic E-state index is 12.7. The van der Waals surface area contributed by atoms with E-state index in [0.29, 0.717) is 18.4 Å². The van der Waals surface area contributed by atoms with Crippen LogP contribution in [0.1, 0.15) is 30.7 Å². The zero-order valence-corrected chi connectivity index (χ0v) is 17.5. The highest BCUT2D eigenvalue weighted by Crippen LogP contribution is 2.35. The van der Waals surface area contributed by atoms with E-state index in [9.17, 15) is 4.79 Å². The number of H-pyrrole nitrogens is 1. The van der Waals surface area contributed by atoms with Gasteiger partial charge in [0.1, 0.15) is 5.65 Å². The average Bonchev–Trinajstić information content (AvgIpc) is 3.44. The number of aromatic nitrogens is 3. The number of hydrogen-bond donors (Lipinski definition) is 1. The molecule has 0 spiro atoms. The maximum Gasteiger partial charge on any atom is 0.236 e. The third-order valence-electron chi connectivity index (χ3n) is 6.75. The highest BCUT2D eigenvalue weighted by atomic mass is 16.5. The van der Waals surface area contributed by atoms with Gasteiger partial charge in [0.15, 0.2) is 0 Å². The second-order valence-electron chi connectivity index (χ2n) is 8.66. The number of nitrogens with zero attached hydrogens (tertiary/aromatic N) is 4. The lowest BCUT2D eigenvalue weighted by molar-refractivity contribution is -0.131. The second kappa shape index (κ2) is 8.32. The number of likely N-dealkylation sites (tertiary alicyclic amines) is 2. The van der Waals surface area contributed by atoms with Gasteiger partial charge in [-0.05, 0) is 56.0 Å². The summed E-state index contributed by atoms with van der Waals surface area (Å²) in [6.07, 6.45) is 8.88. The fourth-order valence-electron chi connectivity index (χ4n) is 5.14. The Labute approximate surface area is 176 Å². The van der Waals surface area contributed by atoms with Crippen molar-refractivity contribution >= 4 is 27.8 Å². The molecule has 0 bridgehead atoms. The molecule has 1 atom stereocenters.